The highest BCUT2D eigenvalue weighted by Gasteiger charge is 2.11. The molecule has 0 fully saturated rings. The Morgan fingerprint density at radius 2 is 1.55 bits per heavy atom. The number of carboxylic acid groups (broad SMARTS) is 1. The fraction of sp³-hybridized carbons (Fsp3) is 0.296. The first-order valence-corrected chi connectivity index (χ1v) is 10.9. The number of ether oxygens (including phenoxy) is 1. The Morgan fingerprint density at radius 3 is 2.10 bits per heavy atom. The van der Waals surface area contributed by atoms with Crippen molar-refractivity contribution in [1.29, 1.82) is 0 Å². The fourth-order valence-electron chi connectivity index (χ4n) is 3.62. The van der Waals surface area contributed by atoms with Gasteiger partial charge in [0.05, 0.1) is 11.7 Å². The third-order valence-electron chi connectivity index (χ3n) is 5.14. The third-order valence-corrected chi connectivity index (χ3v) is 5.14. The highest BCUT2D eigenvalue weighted by molar-refractivity contribution is 6.08. The van der Waals surface area contributed by atoms with Crippen molar-refractivity contribution >= 4 is 27.8 Å². The lowest BCUT2D eigenvalue weighted by Gasteiger charge is -2.08. The molecule has 0 saturated heterocycles. The minimum atomic E-state index is -0.894. The molecule has 0 unspecified atom stereocenters. The Labute approximate surface area is 184 Å². The van der Waals surface area contributed by atoms with Crippen LogP contribution in [-0.2, 0) is 11.3 Å². The van der Waals surface area contributed by atoms with Crippen LogP contribution in [0, 0.1) is 0 Å². The summed E-state index contributed by atoms with van der Waals surface area (Å²) in [4.78, 5) is 11.2. The van der Waals surface area contributed by atoms with Gasteiger partial charge in [-0.15, -0.1) is 0 Å². The Bertz CT molecular complexity index is 1090. The number of rotatable bonds is 7. The molecule has 0 spiro atoms. The lowest BCUT2D eigenvalue weighted by Crippen LogP contribution is -2.02. The normalized spacial score (nSPS) is 11.0. The van der Waals surface area contributed by atoms with Crippen molar-refractivity contribution < 1.29 is 14.6 Å². The quantitative estimate of drug-likeness (QED) is 0.338. The second kappa shape index (κ2) is 10.8. The van der Waals surface area contributed by atoms with Crippen LogP contribution in [0.15, 0.2) is 72.8 Å². The van der Waals surface area contributed by atoms with E-state index in [-0.39, 0.29) is 0 Å². The number of unbranched alkanes of at least 4 members (excludes halogenated alkanes) is 1. The second-order valence-electron chi connectivity index (χ2n) is 7.90. The first-order valence-electron chi connectivity index (χ1n) is 10.9. The number of benzene rings is 3. The molecule has 0 amide bonds. The topological polar surface area (TPSA) is 51.5 Å². The van der Waals surface area contributed by atoms with Crippen LogP contribution in [0.2, 0.25) is 0 Å². The molecule has 162 valence electrons. The Hall–Kier alpha value is -3.11. The van der Waals surface area contributed by atoms with E-state index in [1.807, 2.05) is 30.3 Å². The molecule has 31 heavy (non-hydrogen) atoms. The maximum atomic E-state index is 11.2. The number of carboxylic acids is 1. The molecule has 0 saturated carbocycles. The van der Waals surface area contributed by atoms with E-state index in [1.165, 1.54) is 23.6 Å². The zero-order chi connectivity index (χ0) is 22.2. The molecule has 0 atom stereocenters. The highest BCUT2D eigenvalue weighted by Crippen LogP contribution is 2.29. The van der Waals surface area contributed by atoms with Gasteiger partial charge >= 0.3 is 5.97 Å². The summed E-state index contributed by atoms with van der Waals surface area (Å²) in [5.41, 5.74) is 3.63. The molecular formula is C27H31NO3. The largest absolute Gasteiger partial charge is 0.478 e. The molecule has 0 aliphatic heterocycles. The number of carbonyl (C=O) groups is 1. The van der Waals surface area contributed by atoms with Crippen LogP contribution in [0.1, 0.15) is 49.5 Å². The van der Waals surface area contributed by atoms with Crippen LogP contribution < -0.4 is 0 Å². The van der Waals surface area contributed by atoms with E-state index in [4.69, 9.17) is 4.74 Å². The Kier molecular flexibility index (Phi) is 7.85. The lowest BCUT2D eigenvalue weighted by molar-refractivity contribution is 0.0696. The number of aromatic carboxylic acids is 1. The number of fused-ring (bicyclic) bond motifs is 3. The predicted octanol–water partition coefficient (Wildman–Crippen LogP) is 6.75. The molecule has 4 nitrogen and oxygen atoms in total. The van der Waals surface area contributed by atoms with Gasteiger partial charge in [0, 0.05) is 35.0 Å². The van der Waals surface area contributed by atoms with Gasteiger partial charge in [-0.2, -0.15) is 0 Å². The predicted molar refractivity (Wildman–Crippen MR) is 128 cm³/mol. The van der Waals surface area contributed by atoms with E-state index in [0.29, 0.717) is 18.2 Å². The van der Waals surface area contributed by atoms with E-state index in [1.54, 1.807) is 18.2 Å². The molecule has 4 heteroatoms. The lowest BCUT2D eigenvalue weighted by atomic mass is 10.1. The Balaban J connectivity index is 0.000000293. The minimum Gasteiger partial charge on any atom is -0.478 e. The number of aromatic nitrogens is 1. The number of hydrogen-bond acceptors (Lipinski definition) is 2. The summed E-state index contributed by atoms with van der Waals surface area (Å²) >= 11 is 0. The maximum absolute atomic E-state index is 11.2. The van der Waals surface area contributed by atoms with Crippen LogP contribution in [0.3, 0.4) is 0 Å². The SMILES string of the molecule is CCCCOC(C)C.O=C(O)c1cccc(Cn2c3ccccc3c3ccccc32)c1. The summed E-state index contributed by atoms with van der Waals surface area (Å²) in [6.45, 7) is 7.87. The van der Waals surface area contributed by atoms with Gasteiger partial charge in [-0.3, -0.25) is 0 Å². The molecule has 1 N–H and O–H groups in total. The summed E-state index contributed by atoms with van der Waals surface area (Å²) < 4.78 is 7.52. The van der Waals surface area contributed by atoms with Gasteiger partial charge < -0.3 is 14.4 Å². The number of hydrogen-bond donors (Lipinski definition) is 1. The first-order chi connectivity index (χ1) is 15.0. The molecule has 0 radical (unpaired) electrons. The van der Waals surface area contributed by atoms with Crippen molar-refractivity contribution in [3.63, 3.8) is 0 Å². The molecule has 1 aromatic heterocycles. The number of nitrogens with zero attached hydrogens (tertiary/aromatic N) is 1. The maximum Gasteiger partial charge on any atom is 0.335 e. The van der Waals surface area contributed by atoms with Crippen LogP contribution in [-0.4, -0.2) is 28.4 Å². The second-order valence-corrected chi connectivity index (χ2v) is 7.90. The van der Waals surface area contributed by atoms with Crippen molar-refractivity contribution in [2.24, 2.45) is 0 Å². The standard InChI is InChI=1S/C20H15NO2.C7H16O/c22-20(23)15-7-5-6-14(12-15)13-21-18-10-3-1-8-16(18)17-9-2-4-11-19(17)21;1-4-5-6-8-7(2)3/h1-12H,13H2,(H,22,23);7H,4-6H2,1-3H3. The first kappa shape index (κ1) is 22.6. The summed E-state index contributed by atoms with van der Waals surface area (Å²) in [7, 11) is 0. The van der Waals surface area contributed by atoms with Gasteiger partial charge in [0.25, 0.3) is 0 Å². The molecule has 4 rings (SSSR count). The van der Waals surface area contributed by atoms with Crippen LogP contribution in [0.5, 0.6) is 0 Å². The molecule has 0 aliphatic carbocycles. The molecule has 1 heterocycles. The van der Waals surface area contributed by atoms with E-state index >= 15 is 0 Å². The van der Waals surface area contributed by atoms with E-state index in [9.17, 15) is 9.90 Å². The summed E-state index contributed by atoms with van der Waals surface area (Å²) in [6.07, 6.45) is 2.83. The smallest absolute Gasteiger partial charge is 0.335 e. The van der Waals surface area contributed by atoms with E-state index in [2.05, 4.69) is 49.6 Å². The van der Waals surface area contributed by atoms with E-state index < -0.39 is 5.97 Å². The molecule has 0 aliphatic rings. The molecule has 3 aromatic carbocycles. The fourth-order valence-corrected chi connectivity index (χ4v) is 3.62. The summed E-state index contributed by atoms with van der Waals surface area (Å²) in [6, 6.07) is 23.8. The van der Waals surface area contributed by atoms with Gasteiger partial charge in [0.1, 0.15) is 0 Å². The van der Waals surface area contributed by atoms with Crippen molar-refractivity contribution in [3.05, 3.63) is 83.9 Å². The molecule has 4 aromatic rings. The van der Waals surface area contributed by atoms with Crippen molar-refractivity contribution in [2.75, 3.05) is 6.61 Å². The monoisotopic (exact) mass is 417 g/mol. The van der Waals surface area contributed by atoms with Gasteiger partial charge in [-0.25, -0.2) is 4.79 Å². The van der Waals surface area contributed by atoms with Gasteiger partial charge in [0.2, 0.25) is 0 Å². The average Bonchev–Trinajstić information content (AvgIpc) is 3.08. The molecular weight excluding hydrogens is 386 g/mol. The van der Waals surface area contributed by atoms with Gasteiger partial charge in [0.15, 0.2) is 0 Å². The Morgan fingerprint density at radius 1 is 0.935 bits per heavy atom. The number of para-hydroxylation sites is 2. The van der Waals surface area contributed by atoms with Crippen LogP contribution in [0.4, 0.5) is 0 Å². The van der Waals surface area contributed by atoms with E-state index in [0.717, 1.165) is 23.2 Å². The van der Waals surface area contributed by atoms with Crippen molar-refractivity contribution in [2.45, 2.75) is 46.3 Å². The van der Waals surface area contributed by atoms with Crippen molar-refractivity contribution in [1.82, 2.24) is 4.57 Å². The van der Waals surface area contributed by atoms with Gasteiger partial charge in [-0.1, -0.05) is 61.9 Å². The summed E-state index contributed by atoms with van der Waals surface area (Å²) in [5.74, 6) is -0.894. The van der Waals surface area contributed by atoms with Gasteiger partial charge in [-0.05, 0) is 50.1 Å². The highest BCUT2D eigenvalue weighted by atomic mass is 16.5. The molecule has 0 bridgehead atoms. The zero-order valence-corrected chi connectivity index (χ0v) is 18.5. The minimum absolute atomic E-state index is 0.322. The van der Waals surface area contributed by atoms with Crippen LogP contribution in [0.25, 0.3) is 21.8 Å². The zero-order valence-electron chi connectivity index (χ0n) is 18.5. The van der Waals surface area contributed by atoms with Crippen molar-refractivity contribution in [3.8, 4) is 0 Å². The third kappa shape index (κ3) is 5.74. The van der Waals surface area contributed by atoms with Crippen LogP contribution >= 0.6 is 0 Å². The summed E-state index contributed by atoms with van der Waals surface area (Å²) in [5, 5.41) is 11.6. The average molecular weight is 418 g/mol.